The Kier molecular flexibility index (Phi) is 6.50. The SMILES string of the molecule is N#C/C(=C/NC1CCCCCC1)C(=O)NCc1ccccc1. The maximum Gasteiger partial charge on any atom is 0.263 e. The van der Waals surface area contributed by atoms with Gasteiger partial charge in [-0.2, -0.15) is 5.26 Å². The average molecular weight is 297 g/mol. The molecule has 0 atom stereocenters. The van der Waals surface area contributed by atoms with Crippen molar-refractivity contribution < 1.29 is 4.79 Å². The van der Waals surface area contributed by atoms with E-state index in [9.17, 15) is 4.79 Å². The second-order valence-corrected chi connectivity index (χ2v) is 5.69. The molecule has 0 radical (unpaired) electrons. The fourth-order valence-electron chi connectivity index (χ4n) is 2.67. The average Bonchev–Trinajstić information content (AvgIpc) is 2.83. The summed E-state index contributed by atoms with van der Waals surface area (Å²) in [5.41, 5.74) is 1.16. The van der Waals surface area contributed by atoms with Crippen LogP contribution in [0.1, 0.15) is 44.1 Å². The number of carbonyl (C=O) groups excluding carboxylic acids is 1. The van der Waals surface area contributed by atoms with Gasteiger partial charge in [0.1, 0.15) is 11.6 Å². The number of rotatable bonds is 5. The van der Waals surface area contributed by atoms with Gasteiger partial charge in [-0.25, -0.2) is 0 Å². The highest BCUT2D eigenvalue weighted by atomic mass is 16.1. The predicted octanol–water partition coefficient (Wildman–Crippen LogP) is 3.02. The van der Waals surface area contributed by atoms with Gasteiger partial charge >= 0.3 is 0 Å². The summed E-state index contributed by atoms with van der Waals surface area (Å²) in [5, 5.41) is 15.2. The monoisotopic (exact) mass is 297 g/mol. The summed E-state index contributed by atoms with van der Waals surface area (Å²) in [5.74, 6) is -0.326. The second kappa shape index (κ2) is 8.89. The largest absolute Gasteiger partial charge is 0.387 e. The van der Waals surface area contributed by atoms with E-state index >= 15 is 0 Å². The fourth-order valence-corrected chi connectivity index (χ4v) is 2.67. The van der Waals surface area contributed by atoms with Crippen molar-refractivity contribution in [1.29, 1.82) is 5.26 Å². The van der Waals surface area contributed by atoms with E-state index in [-0.39, 0.29) is 11.5 Å². The molecule has 0 aromatic heterocycles. The molecule has 0 saturated heterocycles. The highest BCUT2D eigenvalue weighted by molar-refractivity contribution is 5.97. The minimum atomic E-state index is -0.326. The van der Waals surface area contributed by atoms with E-state index in [4.69, 9.17) is 5.26 Å². The van der Waals surface area contributed by atoms with Gasteiger partial charge in [0.2, 0.25) is 0 Å². The van der Waals surface area contributed by atoms with Gasteiger partial charge in [0.15, 0.2) is 0 Å². The number of benzene rings is 1. The molecule has 0 heterocycles. The molecule has 1 aliphatic rings. The van der Waals surface area contributed by atoms with E-state index in [0.29, 0.717) is 12.6 Å². The lowest BCUT2D eigenvalue weighted by molar-refractivity contribution is -0.117. The third-order valence-electron chi connectivity index (χ3n) is 3.98. The maximum absolute atomic E-state index is 12.0. The molecule has 4 heteroatoms. The molecule has 1 aliphatic carbocycles. The molecule has 1 amide bonds. The van der Waals surface area contributed by atoms with Crippen molar-refractivity contribution in [3.05, 3.63) is 47.7 Å². The number of hydrogen-bond acceptors (Lipinski definition) is 3. The minimum Gasteiger partial charge on any atom is -0.387 e. The van der Waals surface area contributed by atoms with E-state index in [1.54, 1.807) is 6.20 Å². The second-order valence-electron chi connectivity index (χ2n) is 5.69. The van der Waals surface area contributed by atoms with E-state index in [2.05, 4.69) is 10.6 Å². The molecule has 1 fully saturated rings. The smallest absolute Gasteiger partial charge is 0.263 e. The molecule has 0 aliphatic heterocycles. The van der Waals surface area contributed by atoms with E-state index in [0.717, 1.165) is 18.4 Å². The summed E-state index contributed by atoms with van der Waals surface area (Å²) < 4.78 is 0. The van der Waals surface area contributed by atoms with Crippen LogP contribution >= 0.6 is 0 Å². The zero-order chi connectivity index (χ0) is 15.6. The number of nitrogens with zero attached hydrogens (tertiary/aromatic N) is 1. The van der Waals surface area contributed by atoms with Crippen molar-refractivity contribution in [2.75, 3.05) is 0 Å². The highest BCUT2D eigenvalue weighted by Crippen LogP contribution is 2.17. The van der Waals surface area contributed by atoms with Crippen molar-refractivity contribution in [3.8, 4) is 6.07 Å². The number of amides is 1. The molecule has 0 bridgehead atoms. The quantitative estimate of drug-likeness (QED) is 0.499. The first-order chi connectivity index (χ1) is 10.8. The molecule has 0 unspecified atom stereocenters. The van der Waals surface area contributed by atoms with Crippen molar-refractivity contribution >= 4 is 5.91 Å². The van der Waals surface area contributed by atoms with Crippen LogP contribution in [-0.2, 0) is 11.3 Å². The van der Waals surface area contributed by atoms with Gasteiger partial charge in [-0.15, -0.1) is 0 Å². The maximum atomic E-state index is 12.0. The Balaban J connectivity index is 1.85. The minimum absolute atomic E-state index is 0.139. The lowest BCUT2D eigenvalue weighted by atomic mass is 10.1. The molecule has 4 nitrogen and oxygen atoms in total. The first-order valence-electron chi connectivity index (χ1n) is 7.98. The summed E-state index contributed by atoms with van der Waals surface area (Å²) >= 11 is 0. The van der Waals surface area contributed by atoms with Crippen molar-refractivity contribution in [3.63, 3.8) is 0 Å². The molecule has 116 valence electrons. The van der Waals surface area contributed by atoms with E-state index < -0.39 is 0 Å². The van der Waals surface area contributed by atoms with Crippen LogP contribution < -0.4 is 10.6 Å². The number of hydrogen-bond donors (Lipinski definition) is 2. The van der Waals surface area contributed by atoms with Crippen LogP contribution in [-0.4, -0.2) is 11.9 Å². The molecule has 2 N–H and O–H groups in total. The molecular formula is C18H23N3O. The Morgan fingerprint density at radius 3 is 2.50 bits per heavy atom. The van der Waals surface area contributed by atoms with Crippen molar-refractivity contribution in [2.45, 2.75) is 51.1 Å². The zero-order valence-electron chi connectivity index (χ0n) is 12.8. The fraction of sp³-hybridized carbons (Fsp3) is 0.444. The first-order valence-corrected chi connectivity index (χ1v) is 7.98. The third-order valence-corrected chi connectivity index (χ3v) is 3.98. The van der Waals surface area contributed by atoms with Crippen molar-refractivity contribution in [1.82, 2.24) is 10.6 Å². The molecule has 1 aromatic carbocycles. The van der Waals surface area contributed by atoms with Crippen LogP contribution in [0.5, 0.6) is 0 Å². The standard InChI is InChI=1S/C18H23N3O/c19-12-16(14-20-17-10-6-1-2-7-11-17)18(22)21-13-15-8-4-3-5-9-15/h3-5,8-9,14,17,20H,1-2,6-7,10-11,13H2,(H,21,22)/b16-14-. The Morgan fingerprint density at radius 1 is 1.18 bits per heavy atom. The Labute approximate surface area is 132 Å². The lowest BCUT2D eigenvalue weighted by Crippen LogP contribution is -2.28. The van der Waals surface area contributed by atoms with Crippen LogP contribution in [0.15, 0.2) is 42.1 Å². The van der Waals surface area contributed by atoms with Gasteiger partial charge in [0.25, 0.3) is 5.91 Å². The van der Waals surface area contributed by atoms with Crippen LogP contribution in [0.2, 0.25) is 0 Å². The molecule has 1 aromatic rings. The number of carbonyl (C=O) groups is 1. The summed E-state index contributed by atoms with van der Waals surface area (Å²) in [4.78, 5) is 12.0. The van der Waals surface area contributed by atoms with Gasteiger partial charge in [-0.1, -0.05) is 56.0 Å². The summed E-state index contributed by atoms with van der Waals surface area (Å²) in [7, 11) is 0. The van der Waals surface area contributed by atoms with Crippen LogP contribution in [0.3, 0.4) is 0 Å². The zero-order valence-corrected chi connectivity index (χ0v) is 12.8. The van der Waals surface area contributed by atoms with Crippen LogP contribution in [0.25, 0.3) is 0 Å². The third kappa shape index (κ3) is 5.25. The van der Waals surface area contributed by atoms with Gasteiger partial charge in [0, 0.05) is 18.8 Å². The van der Waals surface area contributed by atoms with Gasteiger partial charge in [-0.3, -0.25) is 4.79 Å². The molecule has 1 saturated carbocycles. The Hall–Kier alpha value is -2.28. The van der Waals surface area contributed by atoms with Crippen LogP contribution in [0, 0.1) is 11.3 Å². The number of nitriles is 1. The summed E-state index contributed by atoms with van der Waals surface area (Å²) in [6, 6.07) is 12.0. The topological polar surface area (TPSA) is 64.9 Å². The van der Waals surface area contributed by atoms with Crippen molar-refractivity contribution in [2.24, 2.45) is 0 Å². The molecule has 2 rings (SSSR count). The van der Waals surface area contributed by atoms with E-state index in [1.807, 2.05) is 36.4 Å². The summed E-state index contributed by atoms with van der Waals surface area (Å²) in [6.07, 6.45) is 8.80. The van der Waals surface area contributed by atoms with E-state index in [1.165, 1.54) is 25.7 Å². The molecular weight excluding hydrogens is 274 g/mol. The number of nitrogens with one attached hydrogen (secondary N) is 2. The molecule has 22 heavy (non-hydrogen) atoms. The Bertz CT molecular complexity index is 537. The Morgan fingerprint density at radius 2 is 1.86 bits per heavy atom. The predicted molar refractivity (Wildman–Crippen MR) is 86.6 cm³/mol. The van der Waals surface area contributed by atoms with Gasteiger partial charge in [-0.05, 0) is 18.4 Å². The van der Waals surface area contributed by atoms with Crippen LogP contribution in [0.4, 0.5) is 0 Å². The first kappa shape index (κ1) is 16.1. The highest BCUT2D eigenvalue weighted by Gasteiger charge is 2.12. The summed E-state index contributed by atoms with van der Waals surface area (Å²) in [6.45, 7) is 0.433. The lowest BCUT2D eigenvalue weighted by Gasteiger charge is -2.14. The normalized spacial score (nSPS) is 16.4. The van der Waals surface area contributed by atoms with Gasteiger partial charge in [0.05, 0.1) is 0 Å². The molecule has 0 spiro atoms. The van der Waals surface area contributed by atoms with Gasteiger partial charge < -0.3 is 10.6 Å².